The number of hydrogen-bond donors (Lipinski definition) is 2. The van der Waals surface area contributed by atoms with Gasteiger partial charge in [-0.3, -0.25) is 4.98 Å². The molecule has 2 N–H and O–H groups in total. The molecule has 188 valence electrons. The van der Waals surface area contributed by atoms with E-state index in [1.54, 1.807) is 39.7 Å². The van der Waals surface area contributed by atoms with Gasteiger partial charge in [0, 0.05) is 24.0 Å². The van der Waals surface area contributed by atoms with E-state index in [0.717, 1.165) is 22.3 Å². The van der Waals surface area contributed by atoms with E-state index < -0.39 is 0 Å². The zero-order valence-corrected chi connectivity index (χ0v) is 20.9. The number of ether oxygens (including phenoxy) is 3. The number of nitrogens with zero attached hydrogens (tertiary/aromatic N) is 6. The van der Waals surface area contributed by atoms with Gasteiger partial charge in [-0.05, 0) is 30.7 Å². The minimum Gasteiger partial charge on any atom is -0.493 e. The molecule has 0 bridgehead atoms. The van der Waals surface area contributed by atoms with Crippen molar-refractivity contribution >= 4 is 28.6 Å². The van der Waals surface area contributed by atoms with Gasteiger partial charge in [0.2, 0.25) is 23.6 Å². The number of methoxy groups -OCH3 is 3. The Hall–Kier alpha value is -4.93. The summed E-state index contributed by atoms with van der Waals surface area (Å²) in [5, 5.41) is 6.59. The molecule has 0 atom stereocenters. The summed E-state index contributed by atoms with van der Waals surface area (Å²) in [5.41, 5.74) is 4.34. The highest BCUT2D eigenvalue weighted by molar-refractivity contribution is 5.80. The molecule has 3 heterocycles. The van der Waals surface area contributed by atoms with E-state index in [1.165, 1.54) is 6.33 Å². The van der Waals surface area contributed by atoms with Crippen LogP contribution in [0.25, 0.3) is 17.0 Å². The van der Waals surface area contributed by atoms with Crippen molar-refractivity contribution in [2.45, 2.75) is 13.5 Å². The minimum atomic E-state index is 0.337. The average Bonchev–Trinajstić information content (AvgIpc) is 3.30. The van der Waals surface area contributed by atoms with Gasteiger partial charge in [0.15, 0.2) is 11.5 Å². The highest BCUT2D eigenvalue weighted by Crippen LogP contribution is 2.40. The number of para-hydroxylation sites is 2. The second-order valence-electron chi connectivity index (χ2n) is 8.03. The monoisotopic (exact) mass is 498 g/mol. The van der Waals surface area contributed by atoms with Gasteiger partial charge in [-0.2, -0.15) is 4.98 Å². The Balaban J connectivity index is 1.50. The van der Waals surface area contributed by atoms with E-state index >= 15 is 0 Å². The van der Waals surface area contributed by atoms with Crippen molar-refractivity contribution in [3.05, 3.63) is 72.3 Å². The Bertz CT molecular complexity index is 1530. The van der Waals surface area contributed by atoms with Crippen LogP contribution in [0.15, 0.2) is 61.1 Å². The summed E-state index contributed by atoms with van der Waals surface area (Å²) in [4.78, 5) is 22.6. The molecule has 0 aliphatic rings. The fourth-order valence-corrected chi connectivity index (χ4v) is 3.95. The quantitative estimate of drug-likeness (QED) is 0.304. The maximum atomic E-state index is 5.45. The van der Waals surface area contributed by atoms with Crippen LogP contribution in [-0.4, -0.2) is 50.8 Å². The Kier molecular flexibility index (Phi) is 6.66. The van der Waals surface area contributed by atoms with Crippen molar-refractivity contribution < 1.29 is 14.2 Å². The highest BCUT2D eigenvalue weighted by Gasteiger charge is 2.17. The van der Waals surface area contributed by atoms with Gasteiger partial charge in [0.25, 0.3) is 0 Å². The van der Waals surface area contributed by atoms with Gasteiger partial charge in [0.1, 0.15) is 6.33 Å². The van der Waals surface area contributed by atoms with Gasteiger partial charge < -0.3 is 24.8 Å². The van der Waals surface area contributed by atoms with Gasteiger partial charge in [-0.15, -0.1) is 0 Å². The van der Waals surface area contributed by atoms with Crippen LogP contribution in [0, 0.1) is 6.92 Å². The zero-order chi connectivity index (χ0) is 25.8. The van der Waals surface area contributed by atoms with E-state index in [1.807, 2.05) is 47.9 Å². The first-order valence-corrected chi connectivity index (χ1v) is 11.5. The van der Waals surface area contributed by atoms with Crippen LogP contribution in [-0.2, 0) is 6.54 Å². The number of fused-ring (bicyclic) bond motifs is 1. The van der Waals surface area contributed by atoms with Crippen LogP contribution in [0.2, 0.25) is 0 Å². The highest BCUT2D eigenvalue weighted by atomic mass is 16.5. The first kappa shape index (κ1) is 23.8. The lowest BCUT2D eigenvalue weighted by molar-refractivity contribution is 0.324. The molecule has 5 aromatic rings. The SMILES string of the molecule is COc1cc(Nc2ncnc(-n3c(NCc4ncccc4C)nc4ccccc43)n2)cc(OC)c1OC. The lowest BCUT2D eigenvalue weighted by atomic mass is 10.2. The number of anilines is 3. The molecular formula is C26H26N8O3. The van der Waals surface area contributed by atoms with Gasteiger partial charge in [0.05, 0.1) is 44.6 Å². The average molecular weight is 499 g/mol. The maximum Gasteiger partial charge on any atom is 0.241 e. The first-order chi connectivity index (χ1) is 18.1. The van der Waals surface area contributed by atoms with Crippen molar-refractivity contribution in [2.75, 3.05) is 32.0 Å². The molecule has 3 aromatic heterocycles. The second-order valence-corrected chi connectivity index (χ2v) is 8.03. The smallest absolute Gasteiger partial charge is 0.241 e. The molecule has 0 unspecified atom stereocenters. The summed E-state index contributed by atoms with van der Waals surface area (Å²) in [5.74, 6) is 2.85. The molecule has 0 saturated carbocycles. The Labute approximate surface area is 213 Å². The largest absolute Gasteiger partial charge is 0.493 e. The van der Waals surface area contributed by atoms with Crippen molar-refractivity contribution in [1.82, 2.24) is 29.5 Å². The number of rotatable bonds is 9. The molecule has 0 saturated heterocycles. The number of benzene rings is 2. The number of aromatic nitrogens is 6. The summed E-state index contributed by atoms with van der Waals surface area (Å²) in [7, 11) is 4.68. The predicted molar refractivity (Wildman–Crippen MR) is 140 cm³/mol. The Morgan fingerprint density at radius 1 is 0.865 bits per heavy atom. The summed E-state index contributed by atoms with van der Waals surface area (Å²) < 4.78 is 18.2. The number of pyridine rings is 1. The summed E-state index contributed by atoms with van der Waals surface area (Å²) in [6, 6.07) is 15.3. The van der Waals surface area contributed by atoms with Gasteiger partial charge >= 0.3 is 0 Å². The number of imidazole rings is 1. The second kappa shape index (κ2) is 10.4. The topological polar surface area (TPSA) is 121 Å². The fraction of sp³-hybridized carbons (Fsp3) is 0.192. The third-order valence-electron chi connectivity index (χ3n) is 5.77. The van der Waals surface area contributed by atoms with Gasteiger partial charge in [-0.25, -0.2) is 19.5 Å². The Morgan fingerprint density at radius 2 is 1.65 bits per heavy atom. The van der Waals surface area contributed by atoms with Crippen LogP contribution in [0.1, 0.15) is 11.3 Å². The van der Waals surface area contributed by atoms with Crippen molar-refractivity contribution in [3.8, 4) is 23.2 Å². The summed E-state index contributed by atoms with van der Waals surface area (Å²) >= 11 is 0. The van der Waals surface area contributed by atoms with Crippen LogP contribution in [0.5, 0.6) is 17.2 Å². The fourth-order valence-electron chi connectivity index (χ4n) is 3.95. The van der Waals surface area contributed by atoms with E-state index in [2.05, 4.69) is 30.6 Å². The molecule has 0 spiro atoms. The van der Waals surface area contributed by atoms with Gasteiger partial charge in [-0.1, -0.05) is 18.2 Å². The van der Waals surface area contributed by atoms with Crippen molar-refractivity contribution in [3.63, 3.8) is 0 Å². The third-order valence-corrected chi connectivity index (χ3v) is 5.77. The van der Waals surface area contributed by atoms with Crippen molar-refractivity contribution in [2.24, 2.45) is 0 Å². The maximum absolute atomic E-state index is 5.45. The molecule has 11 heteroatoms. The molecule has 5 rings (SSSR count). The molecule has 37 heavy (non-hydrogen) atoms. The molecule has 0 aliphatic heterocycles. The molecule has 11 nitrogen and oxygen atoms in total. The molecule has 0 aliphatic carbocycles. The molecule has 0 radical (unpaired) electrons. The molecule has 0 fully saturated rings. The van der Waals surface area contributed by atoms with Crippen LogP contribution in [0.3, 0.4) is 0 Å². The van der Waals surface area contributed by atoms with E-state index in [4.69, 9.17) is 19.2 Å². The number of hydrogen-bond acceptors (Lipinski definition) is 10. The lowest BCUT2D eigenvalue weighted by Gasteiger charge is -2.15. The summed E-state index contributed by atoms with van der Waals surface area (Å²) in [6.07, 6.45) is 3.23. The minimum absolute atomic E-state index is 0.337. The number of nitrogens with one attached hydrogen (secondary N) is 2. The number of aryl methyl sites for hydroxylation is 1. The summed E-state index contributed by atoms with van der Waals surface area (Å²) in [6.45, 7) is 2.53. The molecule has 2 aromatic carbocycles. The zero-order valence-electron chi connectivity index (χ0n) is 20.9. The van der Waals surface area contributed by atoms with E-state index in [0.29, 0.717) is 47.3 Å². The lowest BCUT2D eigenvalue weighted by Crippen LogP contribution is -2.11. The Morgan fingerprint density at radius 3 is 2.38 bits per heavy atom. The molecular weight excluding hydrogens is 472 g/mol. The standard InChI is InChI=1S/C26H26N8O3/c1-16-8-7-11-27-19(16)14-28-25-32-18-9-5-6-10-20(18)34(25)26-30-15-29-24(33-26)31-17-12-21(35-2)23(37-4)22(13-17)36-3/h5-13,15H,14H2,1-4H3,(H,28,32)(H,29,30,31,33). The third kappa shape index (κ3) is 4.79. The van der Waals surface area contributed by atoms with Crippen molar-refractivity contribution in [1.29, 1.82) is 0 Å². The van der Waals surface area contributed by atoms with E-state index in [9.17, 15) is 0 Å². The molecule has 0 amide bonds. The van der Waals surface area contributed by atoms with E-state index in [-0.39, 0.29) is 0 Å². The van der Waals surface area contributed by atoms with Crippen LogP contribution < -0.4 is 24.8 Å². The van der Waals surface area contributed by atoms with Crippen LogP contribution >= 0.6 is 0 Å². The predicted octanol–water partition coefficient (Wildman–Crippen LogP) is 4.30. The van der Waals surface area contributed by atoms with Crippen LogP contribution in [0.4, 0.5) is 17.6 Å². The first-order valence-electron chi connectivity index (χ1n) is 11.5. The normalized spacial score (nSPS) is 10.8.